The smallest absolute Gasteiger partial charge is 0.323 e. The molecule has 0 bridgehead atoms. The molecule has 4 aliphatic rings. The Hall–Kier alpha value is -4.08. The van der Waals surface area contributed by atoms with Gasteiger partial charge in [-0.3, -0.25) is 39.0 Å². The first-order valence-corrected chi connectivity index (χ1v) is 17.3. The van der Waals surface area contributed by atoms with Crippen molar-refractivity contribution in [2.24, 2.45) is 39.7 Å². The summed E-state index contributed by atoms with van der Waals surface area (Å²) in [6, 6.07) is -5.85. The Balaban J connectivity index is 1.46. The van der Waals surface area contributed by atoms with E-state index in [9.17, 15) is 38.4 Å². The molecule has 6 N–H and O–H groups in total. The zero-order chi connectivity index (χ0) is 37.5. The van der Waals surface area contributed by atoms with Crippen molar-refractivity contribution in [2.75, 3.05) is 26.3 Å². The molecule has 0 aromatic rings. The zero-order valence-electron chi connectivity index (χ0n) is 30.3. The molecule has 2 heterocycles. The third kappa shape index (κ3) is 8.44. The Kier molecular flexibility index (Phi) is 11.1. The summed E-state index contributed by atoms with van der Waals surface area (Å²) in [5.74, 6) is -4.21. The lowest BCUT2D eigenvalue weighted by Crippen LogP contribution is -2.62. The second-order valence-corrected chi connectivity index (χ2v) is 16.9. The van der Waals surface area contributed by atoms with E-state index in [4.69, 9.17) is 10.5 Å². The largest absolute Gasteiger partial charge is 0.363 e. The highest BCUT2D eigenvalue weighted by atomic mass is 16.5. The average Bonchev–Trinajstić information content (AvgIpc) is 3.28. The van der Waals surface area contributed by atoms with E-state index in [0.717, 1.165) is 24.2 Å². The second-order valence-electron chi connectivity index (χ2n) is 16.9. The lowest BCUT2D eigenvalue weighted by molar-refractivity contribution is -0.159. The molecule has 0 aromatic carbocycles. The highest BCUT2D eigenvalue weighted by Gasteiger charge is 2.70. The summed E-state index contributed by atoms with van der Waals surface area (Å²) >= 11 is 0. The van der Waals surface area contributed by atoms with Crippen molar-refractivity contribution in [3.8, 4) is 0 Å². The SMILES string of the molecule is CC(C)(C)[C@H](NC(=O)NC(=O)N[C@H](CN1C(=O)COCC1=O)C(C)(C)C)C(=O)N1C[C@H]2[C@@H]([C@H]1C(=O)NC(CC1CCC1)C(=O)C(N)=O)C2(C)C. The van der Waals surface area contributed by atoms with E-state index in [1.54, 1.807) is 41.5 Å². The van der Waals surface area contributed by atoms with Gasteiger partial charge in [0.05, 0.1) is 12.1 Å². The number of amides is 9. The van der Waals surface area contributed by atoms with Crippen LogP contribution < -0.4 is 27.0 Å². The molecule has 16 heteroatoms. The number of fused-ring (bicyclic) bond motifs is 1. The van der Waals surface area contributed by atoms with Gasteiger partial charge in [-0.2, -0.15) is 0 Å². The number of likely N-dealkylation sites (tertiary alicyclic amines) is 1. The summed E-state index contributed by atoms with van der Waals surface area (Å²) < 4.78 is 4.96. The third-order valence-corrected chi connectivity index (χ3v) is 10.8. The molecule has 16 nitrogen and oxygen atoms in total. The van der Waals surface area contributed by atoms with Crippen LogP contribution >= 0.6 is 0 Å². The maximum Gasteiger partial charge on any atom is 0.323 e. The summed E-state index contributed by atoms with van der Waals surface area (Å²) in [6.45, 7) is 14.2. The molecule has 4 fully saturated rings. The van der Waals surface area contributed by atoms with Crippen LogP contribution in [0.2, 0.25) is 0 Å². The standard InChI is InChI=1S/C34H53N7O9/c1-32(2,3)20(14-40-21(42)15-50-16-22(40)43)37-30(48)39-31(49)38-26(33(4,5)6)29(47)41-13-18-23(34(18,7)8)24(41)28(46)36-19(25(44)27(35)45)12-17-10-9-11-17/h17-20,23-24,26H,9-16H2,1-8H3,(H2,35,45)(H,36,46)(H3,37,38,39,48,49)/t18-,19?,20+,23-,24-,26+/m0/s1. The number of ketones is 1. The molecule has 2 aliphatic carbocycles. The summed E-state index contributed by atoms with van der Waals surface area (Å²) in [7, 11) is 0. The van der Waals surface area contributed by atoms with Crippen LogP contribution in [0, 0.1) is 34.0 Å². The molecule has 6 atom stereocenters. The fraction of sp³-hybridized carbons (Fsp3) is 0.765. The highest BCUT2D eigenvalue weighted by Crippen LogP contribution is 2.65. The van der Waals surface area contributed by atoms with Gasteiger partial charge in [-0.15, -0.1) is 0 Å². The predicted octanol–water partition coefficient (Wildman–Crippen LogP) is 0.422. The summed E-state index contributed by atoms with van der Waals surface area (Å²) in [5.41, 5.74) is 3.56. The molecule has 1 unspecified atom stereocenters. The monoisotopic (exact) mass is 703 g/mol. The number of urea groups is 2. The normalized spacial score (nSPS) is 25.0. The van der Waals surface area contributed by atoms with E-state index < -0.39 is 82.4 Å². The quantitative estimate of drug-likeness (QED) is 0.148. The van der Waals surface area contributed by atoms with Crippen LogP contribution in [0.15, 0.2) is 0 Å². The number of carbonyl (C=O) groups excluding carboxylic acids is 8. The minimum absolute atomic E-state index is 0.00101. The van der Waals surface area contributed by atoms with Gasteiger partial charge in [-0.25, -0.2) is 9.59 Å². The maximum absolute atomic E-state index is 14.2. The van der Waals surface area contributed by atoms with Crippen LogP contribution in [0.1, 0.15) is 81.1 Å². The van der Waals surface area contributed by atoms with E-state index in [0.29, 0.717) is 0 Å². The first-order chi connectivity index (χ1) is 23.0. The van der Waals surface area contributed by atoms with Gasteiger partial charge >= 0.3 is 12.1 Å². The fourth-order valence-electron chi connectivity index (χ4n) is 7.26. The van der Waals surface area contributed by atoms with E-state index >= 15 is 0 Å². The van der Waals surface area contributed by atoms with Gasteiger partial charge in [-0.1, -0.05) is 74.7 Å². The minimum atomic E-state index is -1.17. The number of Topliss-reactive ketones (excluding diaryl/α,β-unsaturated/α-hetero) is 1. The molecular weight excluding hydrogens is 650 g/mol. The first kappa shape index (κ1) is 38.7. The predicted molar refractivity (Wildman–Crippen MR) is 179 cm³/mol. The van der Waals surface area contributed by atoms with Gasteiger partial charge in [0.15, 0.2) is 0 Å². The van der Waals surface area contributed by atoms with E-state index in [2.05, 4.69) is 21.3 Å². The Bertz CT molecular complexity index is 1410. The molecule has 2 saturated carbocycles. The molecule has 4 rings (SSSR count). The van der Waals surface area contributed by atoms with Crippen molar-refractivity contribution in [1.82, 2.24) is 31.1 Å². The summed E-state index contributed by atoms with van der Waals surface area (Å²) in [4.78, 5) is 106. The van der Waals surface area contributed by atoms with Crippen molar-refractivity contribution in [3.05, 3.63) is 0 Å². The number of ether oxygens (including phenoxy) is 1. The Labute approximate surface area is 292 Å². The summed E-state index contributed by atoms with van der Waals surface area (Å²) in [6.07, 6.45) is 3.05. The number of piperidine rings is 1. The first-order valence-electron chi connectivity index (χ1n) is 17.3. The molecule has 50 heavy (non-hydrogen) atoms. The van der Waals surface area contributed by atoms with Crippen LogP contribution in [-0.2, 0) is 33.5 Å². The van der Waals surface area contributed by atoms with Crippen LogP contribution in [0.25, 0.3) is 0 Å². The number of carbonyl (C=O) groups is 8. The van der Waals surface area contributed by atoms with Crippen molar-refractivity contribution >= 4 is 47.4 Å². The number of primary amides is 1. The molecule has 0 spiro atoms. The molecule has 9 amide bonds. The average molecular weight is 704 g/mol. The van der Waals surface area contributed by atoms with Gasteiger partial charge in [-0.05, 0) is 40.4 Å². The topological polar surface area (TPSA) is 226 Å². The van der Waals surface area contributed by atoms with Gasteiger partial charge in [0.25, 0.3) is 17.7 Å². The molecule has 2 aliphatic heterocycles. The van der Waals surface area contributed by atoms with Gasteiger partial charge < -0.3 is 31.3 Å². The number of rotatable bonds is 11. The minimum Gasteiger partial charge on any atom is -0.363 e. The fourth-order valence-corrected chi connectivity index (χ4v) is 7.26. The van der Waals surface area contributed by atoms with Crippen LogP contribution in [0.3, 0.4) is 0 Å². The second kappa shape index (κ2) is 14.3. The number of nitrogens with zero attached hydrogens (tertiary/aromatic N) is 2. The molecule has 0 aromatic heterocycles. The summed E-state index contributed by atoms with van der Waals surface area (Å²) in [5, 5.41) is 10.2. The van der Waals surface area contributed by atoms with Crippen molar-refractivity contribution < 1.29 is 43.1 Å². The number of morpholine rings is 1. The number of imide groups is 2. The van der Waals surface area contributed by atoms with Gasteiger partial charge in [0, 0.05) is 13.1 Å². The number of hydrogen-bond acceptors (Lipinski definition) is 9. The highest BCUT2D eigenvalue weighted by molar-refractivity contribution is 6.37. The van der Waals surface area contributed by atoms with E-state index in [1.165, 1.54) is 4.90 Å². The van der Waals surface area contributed by atoms with Crippen molar-refractivity contribution in [1.29, 1.82) is 0 Å². The molecule has 2 saturated heterocycles. The van der Waals surface area contributed by atoms with Crippen molar-refractivity contribution in [3.63, 3.8) is 0 Å². The molecular formula is C34H53N7O9. The lowest BCUT2D eigenvalue weighted by atomic mass is 9.80. The Morgan fingerprint density at radius 2 is 1.48 bits per heavy atom. The van der Waals surface area contributed by atoms with Gasteiger partial charge in [0.2, 0.25) is 17.6 Å². The van der Waals surface area contributed by atoms with Crippen LogP contribution in [-0.4, -0.2) is 108 Å². The van der Waals surface area contributed by atoms with Gasteiger partial charge in [0.1, 0.15) is 25.3 Å². The lowest BCUT2D eigenvalue weighted by Gasteiger charge is -2.38. The number of hydrogen-bond donors (Lipinski definition) is 5. The van der Waals surface area contributed by atoms with E-state index in [-0.39, 0.29) is 55.9 Å². The molecule has 278 valence electrons. The molecule has 0 radical (unpaired) electrons. The zero-order valence-corrected chi connectivity index (χ0v) is 30.3. The Morgan fingerprint density at radius 1 is 0.900 bits per heavy atom. The number of nitrogens with two attached hydrogens (primary N) is 1. The van der Waals surface area contributed by atoms with Crippen LogP contribution in [0.4, 0.5) is 9.59 Å². The Morgan fingerprint density at radius 3 is 1.98 bits per heavy atom. The maximum atomic E-state index is 14.2. The third-order valence-electron chi connectivity index (χ3n) is 10.8. The van der Waals surface area contributed by atoms with Crippen LogP contribution in [0.5, 0.6) is 0 Å². The van der Waals surface area contributed by atoms with E-state index in [1.807, 2.05) is 13.8 Å². The van der Waals surface area contributed by atoms with Crippen molar-refractivity contribution in [2.45, 2.75) is 105 Å². The number of nitrogens with one attached hydrogen (secondary N) is 4.